The summed E-state index contributed by atoms with van der Waals surface area (Å²) in [4.78, 5) is 4.04. The van der Waals surface area contributed by atoms with Crippen molar-refractivity contribution in [2.75, 3.05) is 0 Å². The molecular weight excluding hydrogens is 150 g/mol. The summed E-state index contributed by atoms with van der Waals surface area (Å²) in [5.41, 5.74) is 1.09. The molecule has 2 rings (SSSR count). The summed E-state index contributed by atoms with van der Waals surface area (Å²) >= 11 is 0. The zero-order valence-electron chi connectivity index (χ0n) is 7.71. The van der Waals surface area contributed by atoms with E-state index in [2.05, 4.69) is 24.9 Å². The smallest absolute Gasteiger partial charge is 0.181 e. The van der Waals surface area contributed by atoms with Gasteiger partial charge in [-0.3, -0.25) is 0 Å². The average Bonchev–Trinajstić information content (AvgIpc) is 2.52. The molecule has 1 aromatic rings. The van der Waals surface area contributed by atoms with Gasteiger partial charge in [0.05, 0.1) is 5.69 Å². The number of allylic oxidation sites excluding steroid dienone is 1. The van der Waals surface area contributed by atoms with Gasteiger partial charge < -0.3 is 4.42 Å². The van der Waals surface area contributed by atoms with Gasteiger partial charge in [-0.1, -0.05) is 26.3 Å². The van der Waals surface area contributed by atoms with E-state index in [-0.39, 0.29) is 0 Å². The minimum Gasteiger partial charge on any atom is -0.444 e. The Labute approximate surface area is 73.3 Å². The molecule has 1 aliphatic rings. The second-order valence-corrected chi connectivity index (χ2v) is 2.81. The van der Waals surface area contributed by atoms with Gasteiger partial charge in [-0.2, -0.15) is 0 Å². The van der Waals surface area contributed by atoms with E-state index in [4.69, 9.17) is 4.42 Å². The van der Waals surface area contributed by atoms with Crippen LogP contribution in [0.2, 0.25) is 0 Å². The first-order chi connectivity index (χ1) is 5.88. The number of nitrogens with zero attached hydrogens (tertiary/aromatic N) is 1. The van der Waals surface area contributed by atoms with E-state index in [1.807, 2.05) is 6.08 Å². The number of hydrogen-bond acceptors (Lipinski definition) is 2. The molecule has 0 saturated carbocycles. The molecule has 0 spiro atoms. The molecule has 0 fully saturated rings. The molecule has 1 heterocycles. The SMILES string of the molecule is C1=Cc2ocnc2CC1.CCC. The molecule has 0 saturated heterocycles. The lowest BCUT2D eigenvalue weighted by atomic mass is 10.1. The molecule has 2 heteroatoms. The maximum absolute atomic E-state index is 5.06. The van der Waals surface area contributed by atoms with E-state index in [0.29, 0.717) is 0 Å². The maximum atomic E-state index is 5.06. The third kappa shape index (κ3) is 2.22. The van der Waals surface area contributed by atoms with Crippen molar-refractivity contribution in [3.05, 3.63) is 23.9 Å². The number of fused-ring (bicyclic) bond motifs is 1. The van der Waals surface area contributed by atoms with Crippen molar-refractivity contribution >= 4 is 6.08 Å². The van der Waals surface area contributed by atoms with Crippen molar-refractivity contribution in [3.63, 3.8) is 0 Å². The van der Waals surface area contributed by atoms with Crippen LogP contribution in [0.5, 0.6) is 0 Å². The zero-order valence-corrected chi connectivity index (χ0v) is 7.71. The fourth-order valence-corrected chi connectivity index (χ4v) is 1.01. The van der Waals surface area contributed by atoms with Crippen LogP contribution in [0.25, 0.3) is 6.08 Å². The van der Waals surface area contributed by atoms with Crippen LogP contribution in [-0.4, -0.2) is 4.98 Å². The summed E-state index contributed by atoms with van der Waals surface area (Å²) in [7, 11) is 0. The number of hydrogen-bond donors (Lipinski definition) is 0. The monoisotopic (exact) mass is 165 g/mol. The Hall–Kier alpha value is -1.05. The van der Waals surface area contributed by atoms with Crippen molar-refractivity contribution in [3.8, 4) is 0 Å². The lowest BCUT2D eigenvalue weighted by molar-refractivity contribution is 0.545. The summed E-state index contributed by atoms with van der Waals surface area (Å²) in [6.45, 7) is 4.25. The molecule has 0 aromatic carbocycles. The standard InChI is InChI=1S/C7H7NO.C3H8/c1-2-4-7-6(3-1)8-5-9-7;1-3-2/h2,4-5H,1,3H2;3H2,1-2H3. The lowest BCUT2D eigenvalue weighted by Crippen LogP contribution is -1.90. The number of rotatable bonds is 0. The van der Waals surface area contributed by atoms with Gasteiger partial charge >= 0.3 is 0 Å². The van der Waals surface area contributed by atoms with Crippen LogP contribution in [0.1, 0.15) is 38.1 Å². The predicted octanol–water partition coefficient (Wildman–Crippen LogP) is 3.05. The molecule has 0 atom stereocenters. The van der Waals surface area contributed by atoms with Gasteiger partial charge in [0.15, 0.2) is 6.39 Å². The molecule has 0 aliphatic heterocycles. The Bertz CT molecular complexity index is 250. The van der Waals surface area contributed by atoms with E-state index in [1.54, 1.807) is 0 Å². The Kier molecular flexibility index (Phi) is 3.58. The first-order valence-corrected chi connectivity index (χ1v) is 4.47. The molecular formula is C10H15NO. The second-order valence-electron chi connectivity index (χ2n) is 2.81. The molecule has 0 amide bonds. The van der Waals surface area contributed by atoms with Gasteiger partial charge in [0, 0.05) is 0 Å². The van der Waals surface area contributed by atoms with E-state index in [9.17, 15) is 0 Å². The highest BCUT2D eigenvalue weighted by atomic mass is 16.3. The van der Waals surface area contributed by atoms with Crippen LogP contribution < -0.4 is 0 Å². The lowest BCUT2D eigenvalue weighted by Gasteiger charge is -1.98. The highest BCUT2D eigenvalue weighted by Crippen LogP contribution is 2.16. The van der Waals surface area contributed by atoms with E-state index in [0.717, 1.165) is 24.3 Å². The third-order valence-corrected chi connectivity index (χ3v) is 1.49. The Morgan fingerprint density at radius 2 is 2.25 bits per heavy atom. The summed E-state index contributed by atoms with van der Waals surface area (Å²) in [6.07, 6.45) is 8.96. The van der Waals surface area contributed by atoms with Gasteiger partial charge in [0.2, 0.25) is 0 Å². The van der Waals surface area contributed by atoms with Gasteiger partial charge in [0.1, 0.15) is 5.76 Å². The molecule has 0 unspecified atom stereocenters. The van der Waals surface area contributed by atoms with E-state index < -0.39 is 0 Å². The van der Waals surface area contributed by atoms with Gasteiger partial charge in [0.25, 0.3) is 0 Å². The maximum Gasteiger partial charge on any atom is 0.181 e. The summed E-state index contributed by atoms with van der Waals surface area (Å²) in [5.74, 6) is 0.932. The highest BCUT2D eigenvalue weighted by molar-refractivity contribution is 5.47. The molecule has 0 N–H and O–H groups in total. The van der Waals surface area contributed by atoms with E-state index >= 15 is 0 Å². The third-order valence-electron chi connectivity index (χ3n) is 1.49. The molecule has 2 nitrogen and oxygen atoms in total. The fraction of sp³-hybridized carbons (Fsp3) is 0.500. The Balaban J connectivity index is 0.000000213. The summed E-state index contributed by atoms with van der Waals surface area (Å²) in [6, 6.07) is 0. The van der Waals surface area contributed by atoms with Crippen molar-refractivity contribution in [2.45, 2.75) is 33.1 Å². The molecule has 0 radical (unpaired) electrons. The Morgan fingerprint density at radius 3 is 2.92 bits per heavy atom. The molecule has 66 valence electrons. The number of aryl methyl sites for hydroxylation is 1. The van der Waals surface area contributed by atoms with E-state index in [1.165, 1.54) is 12.8 Å². The number of oxazole rings is 1. The zero-order chi connectivity index (χ0) is 8.81. The quantitative estimate of drug-likeness (QED) is 0.590. The van der Waals surface area contributed by atoms with Crippen molar-refractivity contribution in [1.29, 1.82) is 0 Å². The molecule has 0 bridgehead atoms. The summed E-state index contributed by atoms with van der Waals surface area (Å²) in [5, 5.41) is 0. The molecule has 1 aromatic heterocycles. The van der Waals surface area contributed by atoms with Crippen LogP contribution in [0.15, 0.2) is 16.9 Å². The normalized spacial score (nSPS) is 13.2. The van der Waals surface area contributed by atoms with Gasteiger partial charge in [-0.05, 0) is 18.9 Å². The fourth-order valence-electron chi connectivity index (χ4n) is 1.01. The Morgan fingerprint density at radius 1 is 1.50 bits per heavy atom. The first-order valence-electron chi connectivity index (χ1n) is 4.47. The molecule has 1 aliphatic carbocycles. The predicted molar refractivity (Wildman–Crippen MR) is 49.8 cm³/mol. The minimum atomic E-state index is 0.932. The van der Waals surface area contributed by atoms with Gasteiger partial charge in [-0.15, -0.1) is 0 Å². The minimum absolute atomic E-state index is 0.932. The second kappa shape index (κ2) is 4.75. The average molecular weight is 165 g/mol. The largest absolute Gasteiger partial charge is 0.444 e. The van der Waals surface area contributed by atoms with Crippen LogP contribution in [-0.2, 0) is 6.42 Å². The van der Waals surface area contributed by atoms with Crippen LogP contribution in [0.4, 0.5) is 0 Å². The summed E-state index contributed by atoms with van der Waals surface area (Å²) < 4.78 is 5.06. The molecule has 12 heavy (non-hydrogen) atoms. The van der Waals surface area contributed by atoms with Crippen molar-refractivity contribution in [2.24, 2.45) is 0 Å². The first kappa shape index (κ1) is 9.04. The van der Waals surface area contributed by atoms with Crippen LogP contribution >= 0.6 is 0 Å². The topological polar surface area (TPSA) is 26.0 Å². The van der Waals surface area contributed by atoms with Crippen LogP contribution in [0, 0.1) is 0 Å². The van der Waals surface area contributed by atoms with Crippen LogP contribution in [0.3, 0.4) is 0 Å². The van der Waals surface area contributed by atoms with Crippen molar-refractivity contribution < 1.29 is 4.42 Å². The van der Waals surface area contributed by atoms with Crippen molar-refractivity contribution in [1.82, 2.24) is 4.98 Å². The van der Waals surface area contributed by atoms with Gasteiger partial charge in [-0.25, -0.2) is 4.98 Å². The number of aromatic nitrogens is 1. The highest BCUT2D eigenvalue weighted by Gasteiger charge is 2.06.